The van der Waals surface area contributed by atoms with Gasteiger partial charge in [0.25, 0.3) is 5.69 Å². The van der Waals surface area contributed by atoms with E-state index in [1.54, 1.807) is 6.07 Å². The summed E-state index contributed by atoms with van der Waals surface area (Å²) in [5.74, 6) is -0.205. The SMILES string of the molecule is COc1cc(N[C@H]2C[C@@H](C)CC(C)(C)C2)c([N+](=O)[O-])cc1C=CC(=O)O. The Balaban J connectivity index is 2.38. The Morgan fingerprint density at radius 1 is 1.42 bits per heavy atom. The number of carboxylic acids is 1. The maximum atomic E-state index is 11.5. The number of aliphatic carboxylic acids is 1. The number of carboxylic acid groups (broad SMARTS) is 1. The molecule has 0 heterocycles. The minimum absolute atomic E-state index is 0.0909. The third-order valence-corrected chi connectivity index (χ3v) is 4.70. The Bertz CT molecular complexity index is 727. The summed E-state index contributed by atoms with van der Waals surface area (Å²) in [6.07, 6.45) is 5.24. The normalized spacial score (nSPS) is 22.2. The first kappa shape index (κ1) is 19.8. The molecule has 2 rings (SSSR count). The summed E-state index contributed by atoms with van der Waals surface area (Å²) in [5, 5.41) is 23.6. The first-order valence-corrected chi connectivity index (χ1v) is 8.65. The van der Waals surface area contributed by atoms with Crippen LogP contribution in [-0.2, 0) is 4.79 Å². The highest BCUT2D eigenvalue weighted by Gasteiger charge is 2.33. The van der Waals surface area contributed by atoms with Gasteiger partial charge in [-0.15, -0.1) is 0 Å². The van der Waals surface area contributed by atoms with Crippen molar-refractivity contribution in [3.63, 3.8) is 0 Å². The highest BCUT2D eigenvalue weighted by atomic mass is 16.6. The van der Waals surface area contributed by atoms with E-state index >= 15 is 0 Å². The Kier molecular flexibility index (Phi) is 5.90. The molecule has 0 aromatic heterocycles. The summed E-state index contributed by atoms with van der Waals surface area (Å²) in [6, 6.07) is 3.06. The number of carbonyl (C=O) groups is 1. The van der Waals surface area contributed by atoms with Gasteiger partial charge in [0.15, 0.2) is 0 Å². The number of methoxy groups -OCH3 is 1. The number of nitrogens with zero attached hydrogens (tertiary/aromatic N) is 1. The van der Waals surface area contributed by atoms with Crippen molar-refractivity contribution in [2.75, 3.05) is 12.4 Å². The van der Waals surface area contributed by atoms with Crippen LogP contribution in [-0.4, -0.2) is 29.2 Å². The van der Waals surface area contributed by atoms with Crippen LogP contribution in [0, 0.1) is 21.4 Å². The van der Waals surface area contributed by atoms with Crippen molar-refractivity contribution >= 4 is 23.4 Å². The lowest BCUT2D eigenvalue weighted by molar-refractivity contribution is -0.384. The molecule has 0 bridgehead atoms. The third kappa shape index (κ3) is 4.97. The third-order valence-electron chi connectivity index (χ3n) is 4.70. The van der Waals surface area contributed by atoms with E-state index < -0.39 is 10.9 Å². The lowest BCUT2D eigenvalue weighted by atomic mass is 9.70. The van der Waals surface area contributed by atoms with Crippen LogP contribution in [0.5, 0.6) is 5.75 Å². The van der Waals surface area contributed by atoms with Gasteiger partial charge in [-0.3, -0.25) is 10.1 Å². The molecule has 1 fully saturated rings. The number of nitro benzene ring substituents is 1. The topological polar surface area (TPSA) is 102 Å². The lowest BCUT2D eigenvalue weighted by Crippen LogP contribution is -2.35. The standard InChI is InChI=1S/C19H26N2O5/c1-12-7-14(11-19(2,3)10-12)20-15-9-17(26-4)13(5-6-18(22)23)8-16(15)21(24)25/h5-6,8-9,12,14,20H,7,10-11H2,1-4H3,(H,22,23)/t12-,14+/m1/s1. The number of nitrogens with one attached hydrogen (secondary N) is 1. The van der Waals surface area contributed by atoms with E-state index in [1.165, 1.54) is 19.3 Å². The van der Waals surface area contributed by atoms with Crippen LogP contribution in [0.4, 0.5) is 11.4 Å². The smallest absolute Gasteiger partial charge is 0.328 e. The van der Waals surface area contributed by atoms with Gasteiger partial charge in [0.1, 0.15) is 11.4 Å². The molecule has 0 unspecified atom stereocenters. The second-order valence-electron chi connectivity index (χ2n) is 7.79. The number of rotatable bonds is 6. The first-order chi connectivity index (χ1) is 12.1. The molecule has 2 N–H and O–H groups in total. The van der Waals surface area contributed by atoms with Crippen LogP contribution in [0.3, 0.4) is 0 Å². The summed E-state index contributed by atoms with van der Waals surface area (Å²) in [5.41, 5.74) is 0.837. The van der Waals surface area contributed by atoms with Crippen LogP contribution >= 0.6 is 0 Å². The van der Waals surface area contributed by atoms with Crippen molar-refractivity contribution in [2.45, 2.75) is 46.1 Å². The maximum Gasteiger partial charge on any atom is 0.328 e. The molecule has 7 nitrogen and oxygen atoms in total. The van der Waals surface area contributed by atoms with Crippen LogP contribution in [0.1, 0.15) is 45.6 Å². The van der Waals surface area contributed by atoms with Crippen LogP contribution in [0.25, 0.3) is 6.08 Å². The van der Waals surface area contributed by atoms with E-state index in [-0.39, 0.29) is 17.1 Å². The molecule has 0 radical (unpaired) electrons. The molecule has 142 valence electrons. The quantitative estimate of drug-likeness (QED) is 0.444. The highest BCUT2D eigenvalue weighted by molar-refractivity contribution is 5.86. The van der Waals surface area contributed by atoms with Gasteiger partial charge in [-0.1, -0.05) is 20.8 Å². The van der Waals surface area contributed by atoms with E-state index in [0.717, 1.165) is 25.3 Å². The summed E-state index contributed by atoms with van der Waals surface area (Å²) in [7, 11) is 1.45. The average molecular weight is 362 g/mol. The highest BCUT2D eigenvalue weighted by Crippen LogP contribution is 2.41. The molecule has 1 aromatic rings. The zero-order chi connectivity index (χ0) is 19.5. The minimum Gasteiger partial charge on any atom is -0.496 e. The summed E-state index contributed by atoms with van der Waals surface area (Å²) in [6.45, 7) is 6.63. The van der Waals surface area contributed by atoms with Gasteiger partial charge in [-0.25, -0.2) is 4.79 Å². The number of benzene rings is 1. The van der Waals surface area contributed by atoms with Gasteiger partial charge in [0.2, 0.25) is 0 Å². The number of nitro groups is 1. The number of anilines is 1. The second-order valence-corrected chi connectivity index (χ2v) is 7.79. The molecule has 1 aromatic carbocycles. The molecular formula is C19H26N2O5. The predicted octanol–water partition coefficient (Wildman–Crippen LogP) is 4.33. The largest absolute Gasteiger partial charge is 0.496 e. The van der Waals surface area contributed by atoms with E-state index in [1.807, 2.05) is 0 Å². The van der Waals surface area contributed by atoms with Crippen molar-refractivity contribution in [2.24, 2.45) is 11.3 Å². The molecule has 0 amide bonds. The molecule has 0 spiro atoms. The number of ether oxygens (including phenoxy) is 1. The molecule has 1 aliphatic carbocycles. The minimum atomic E-state index is -1.13. The van der Waals surface area contributed by atoms with Crippen molar-refractivity contribution < 1.29 is 19.6 Å². The Hall–Kier alpha value is -2.57. The molecule has 1 aliphatic rings. The van der Waals surface area contributed by atoms with Crippen molar-refractivity contribution in [1.29, 1.82) is 0 Å². The molecule has 26 heavy (non-hydrogen) atoms. The molecule has 2 atom stereocenters. The van der Waals surface area contributed by atoms with Gasteiger partial charge < -0.3 is 15.2 Å². The fourth-order valence-electron chi connectivity index (χ4n) is 4.00. The van der Waals surface area contributed by atoms with Gasteiger partial charge in [-0.05, 0) is 36.7 Å². The monoisotopic (exact) mass is 362 g/mol. The van der Waals surface area contributed by atoms with Crippen molar-refractivity contribution in [1.82, 2.24) is 0 Å². The van der Waals surface area contributed by atoms with Gasteiger partial charge in [0.05, 0.1) is 12.0 Å². The van der Waals surface area contributed by atoms with Gasteiger partial charge in [0, 0.05) is 29.8 Å². The lowest BCUT2D eigenvalue weighted by Gasteiger charge is -2.39. The Morgan fingerprint density at radius 3 is 2.65 bits per heavy atom. The first-order valence-electron chi connectivity index (χ1n) is 8.65. The molecule has 1 saturated carbocycles. The van der Waals surface area contributed by atoms with Crippen LogP contribution < -0.4 is 10.1 Å². The Morgan fingerprint density at radius 2 is 2.12 bits per heavy atom. The zero-order valence-electron chi connectivity index (χ0n) is 15.6. The molecule has 7 heteroatoms. The number of hydrogen-bond acceptors (Lipinski definition) is 5. The van der Waals surface area contributed by atoms with Crippen LogP contribution in [0.15, 0.2) is 18.2 Å². The molecule has 0 saturated heterocycles. The van der Waals surface area contributed by atoms with Crippen LogP contribution in [0.2, 0.25) is 0 Å². The van der Waals surface area contributed by atoms with Gasteiger partial charge in [-0.2, -0.15) is 0 Å². The average Bonchev–Trinajstić information content (AvgIpc) is 2.50. The maximum absolute atomic E-state index is 11.5. The van der Waals surface area contributed by atoms with E-state index in [9.17, 15) is 14.9 Å². The molecule has 0 aliphatic heterocycles. The van der Waals surface area contributed by atoms with E-state index in [4.69, 9.17) is 9.84 Å². The summed E-state index contributed by atoms with van der Waals surface area (Å²) < 4.78 is 5.30. The summed E-state index contributed by atoms with van der Waals surface area (Å²) in [4.78, 5) is 21.8. The van der Waals surface area contributed by atoms with E-state index in [0.29, 0.717) is 22.9 Å². The fraction of sp³-hybridized carbons (Fsp3) is 0.526. The predicted molar refractivity (Wildman–Crippen MR) is 101 cm³/mol. The van der Waals surface area contributed by atoms with Crippen molar-refractivity contribution in [3.8, 4) is 5.75 Å². The summed E-state index contributed by atoms with van der Waals surface area (Å²) >= 11 is 0. The van der Waals surface area contributed by atoms with Crippen molar-refractivity contribution in [3.05, 3.63) is 33.9 Å². The Labute approximate surface area is 153 Å². The zero-order valence-corrected chi connectivity index (χ0v) is 15.6. The van der Waals surface area contributed by atoms with E-state index in [2.05, 4.69) is 26.1 Å². The fourth-order valence-corrected chi connectivity index (χ4v) is 4.00. The molecular weight excluding hydrogens is 336 g/mol. The second kappa shape index (κ2) is 7.76. The van der Waals surface area contributed by atoms with Gasteiger partial charge >= 0.3 is 5.97 Å². The number of hydrogen-bond donors (Lipinski definition) is 2.